The number of hydrogen-bond acceptors (Lipinski definition) is 3. The van der Waals surface area contributed by atoms with Gasteiger partial charge in [-0.2, -0.15) is 18.3 Å². The lowest BCUT2D eigenvalue weighted by Crippen LogP contribution is -2.27. The van der Waals surface area contributed by atoms with Crippen LogP contribution in [0.1, 0.15) is 28.9 Å². The Morgan fingerprint density at radius 1 is 1.21 bits per heavy atom. The smallest absolute Gasteiger partial charge is 0.434 e. The van der Waals surface area contributed by atoms with Gasteiger partial charge in [0.2, 0.25) is 0 Å². The van der Waals surface area contributed by atoms with E-state index in [4.69, 9.17) is 5.11 Å². The van der Waals surface area contributed by atoms with Crippen molar-refractivity contribution in [3.8, 4) is 5.69 Å². The molecule has 0 saturated carbocycles. The highest BCUT2D eigenvalue weighted by atomic mass is 19.4. The molecule has 1 heterocycles. The third-order valence-corrected chi connectivity index (χ3v) is 3.14. The number of para-hydroxylation sites is 1. The summed E-state index contributed by atoms with van der Waals surface area (Å²) in [4.78, 5) is 22.4. The molecular weight excluding hydrogens is 327 g/mol. The molecular formula is C15H14F3N3O3. The maximum absolute atomic E-state index is 13.4. The summed E-state index contributed by atoms with van der Waals surface area (Å²) in [5, 5.41) is 14.4. The van der Waals surface area contributed by atoms with E-state index in [1.807, 2.05) is 0 Å². The molecule has 2 N–H and O–H groups in total. The lowest BCUT2D eigenvalue weighted by Gasteiger charge is -2.12. The average molecular weight is 341 g/mol. The highest BCUT2D eigenvalue weighted by molar-refractivity contribution is 5.95. The molecule has 0 fully saturated rings. The Bertz CT molecular complexity index is 727. The molecule has 1 aromatic heterocycles. The maximum Gasteiger partial charge on any atom is 0.434 e. The minimum absolute atomic E-state index is 0.0427. The topological polar surface area (TPSA) is 84.2 Å². The minimum Gasteiger partial charge on any atom is -0.481 e. The van der Waals surface area contributed by atoms with Gasteiger partial charge in [-0.1, -0.05) is 18.2 Å². The average Bonchev–Trinajstić information content (AvgIpc) is 2.97. The number of nitrogens with one attached hydrogen (secondary N) is 1. The molecule has 2 rings (SSSR count). The van der Waals surface area contributed by atoms with Crippen LogP contribution in [-0.4, -0.2) is 33.3 Å². The number of aromatic nitrogens is 2. The molecule has 1 aromatic carbocycles. The van der Waals surface area contributed by atoms with Crippen LogP contribution < -0.4 is 5.32 Å². The van der Waals surface area contributed by atoms with Gasteiger partial charge in [-0.25, -0.2) is 4.68 Å². The molecule has 0 saturated heterocycles. The molecule has 0 radical (unpaired) electrons. The molecule has 2 aromatic rings. The van der Waals surface area contributed by atoms with Gasteiger partial charge in [0.25, 0.3) is 5.91 Å². The predicted octanol–water partition coefficient (Wildman–Crippen LogP) is 2.49. The van der Waals surface area contributed by atoms with Crippen molar-refractivity contribution in [1.82, 2.24) is 15.1 Å². The van der Waals surface area contributed by atoms with Crippen LogP contribution in [0.3, 0.4) is 0 Å². The molecule has 9 heteroatoms. The number of amides is 1. The first-order valence-corrected chi connectivity index (χ1v) is 7.01. The van der Waals surface area contributed by atoms with Crippen molar-refractivity contribution >= 4 is 11.9 Å². The van der Waals surface area contributed by atoms with Crippen LogP contribution in [0, 0.1) is 0 Å². The zero-order chi connectivity index (χ0) is 17.7. The number of rotatable bonds is 6. The van der Waals surface area contributed by atoms with E-state index in [2.05, 4.69) is 10.4 Å². The van der Waals surface area contributed by atoms with Gasteiger partial charge in [0, 0.05) is 13.0 Å². The van der Waals surface area contributed by atoms with E-state index in [9.17, 15) is 22.8 Å². The van der Waals surface area contributed by atoms with Crippen LogP contribution in [-0.2, 0) is 11.0 Å². The summed E-state index contributed by atoms with van der Waals surface area (Å²) in [5.41, 5.74) is -1.61. The Kier molecular flexibility index (Phi) is 5.22. The van der Waals surface area contributed by atoms with Gasteiger partial charge in [-0.15, -0.1) is 0 Å². The monoisotopic (exact) mass is 341 g/mol. The molecule has 1 amide bonds. The van der Waals surface area contributed by atoms with Gasteiger partial charge < -0.3 is 10.4 Å². The van der Waals surface area contributed by atoms with Crippen molar-refractivity contribution in [2.45, 2.75) is 19.0 Å². The number of nitrogens with zero attached hydrogens (tertiary/aromatic N) is 2. The quantitative estimate of drug-likeness (QED) is 0.791. The highest BCUT2D eigenvalue weighted by Crippen LogP contribution is 2.33. The van der Waals surface area contributed by atoms with Crippen LogP contribution in [0.4, 0.5) is 13.2 Å². The lowest BCUT2D eigenvalue weighted by atomic mass is 10.2. The maximum atomic E-state index is 13.4. The molecule has 0 unspecified atom stereocenters. The van der Waals surface area contributed by atoms with Crippen molar-refractivity contribution in [1.29, 1.82) is 0 Å². The molecule has 0 aliphatic carbocycles. The largest absolute Gasteiger partial charge is 0.481 e. The molecule has 0 aliphatic rings. The summed E-state index contributed by atoms with van der Waals surface area (Å²) >= 11 is 0. The van der Waals surface area contributed by atoms with Gasteiger partial charge in [0.1, 0.15) is 0 Å². The Hall–Kier alpha value is -2.84. The van der Waals surface area contributed by atoms with E-state index < -0.39 is 29.3 Å². The van der Waals surface area contributed by atoms with E-state index in [1.54, 1.807) is 18.2 Å². The van der Waals surface area contributed by atoms with Crippen molar-refractivity contribution < 1.29 is 27.9 Å². The lowest BCUT2D eigenvalue weighted by molar-refractivity contribution is -0.143. The first-order valence-electron chi connectivity index (χ1n) is 7.01. The van der Waals surface area contributed by atoms with Crippen LogP contribution >= 0.6 is 0 Å². The van der Waals surface area contributed by atoms with Crippen molar-refractivity contribution in [2.75, 3.05) is 6.54 Å². The molecule has 0 spiro atoms. The molecule has 0 aliphatic heterocycles. The first-order chi connectivity index (χ1) is 11.3. The van der Waals surface area contributed by atoms with E-state index in [0.29, 0.717) is 4.68 Å². The van der Waals surface area contributed by atoms with E-state index in [1.165, 1.54) is 12.1 Å². The van der Waals surface area contributed by atoms with Crippen molar-refractivity contribution in [3.05, 3.63) is 47.8 Å². The van der Waals surface area contributed by atoms with Gasteiger partial charge in [0.15, 0.2) is 5.69 Å². The molecule has 0 bridgehead atoms. The van der Waals surface area contributed by atoms with E-state index in [-0.39, 0.29) is 25.1 Å². The Balaban J connectivity index is 2.26. The molecule has 0 atom stereocenters. The van der Waals surface area contributed by atoms with Gasteiger partial charge >= 0.3 is 12.1 Å². The molecule has 128 valence electrons. The second-order valence-electron chi connectivity index (χ2n) is 4.91. The number of alkyl halides is 3. The number of carboxylic acids is 1. The van der Waals surface area contributed by atoms with Gasteiger partial charge in [0.05, 0.1) is 17.4 Å². The summed E-state index contributed by atoms with van der Waals surface area (Å²) in [5.74, 6) is -1.99. The number of aliphatic carboxylic acids is 1. The number of carbonyl (C=O) groups is 2. The number of hydrogen-bond donors (Lipinski definition) is 2. The van der Waals surface area contributed by atoms with Crippen LogP contribution in [0.25, 0.3) is 5.69 Å². The molecule has 24 heavy (non-hydrogen) atoms. The fourth-order valence-corrected chi connectivity index (χ4v) is 2.09. The van der Waals surface area contributed by atoms with Gasteiger partial charge in [-0.05, 0) is 18.6 Å². The van der Waals surface area contributed by atoms with Crippen molar-refractivity contribution in [2.24, 2.45) is 0 Å². The normalized spacial score (nSPS) is 11.3. The van der Waals surface area contributed by atoms with Crippen molar-refractivity contribution in [3.63, 3.8) is 0 Å². The Morgan fingerprint density at radius 2 is 1.88 bits per heavy atom. The number of carboxylic acid groups (broad SMARTS) is 1. The highest BCUT2D eigenvalue weighted by Gasteiger charge is 2.40. The summed E-state index contributed by atoms with van der Waals surface area (Å²) < 4.78 is 40.8. The summed E-state index contributed by atoms with van der Waals surface area (Å²) in [6.07, 6.45) is -3.99. The fourth-order valence-electron chi connectivity index (χ4n) is 2.09. The Labute approximate surface area is 134 Å². The standard InChI is InChI=1S/C15H14F3N3O3/c16-15(17,18)13-11(14(24)19-8-4-7-12(22)23)9-20-21(13)10-5-2-1-3-6-10/h1-3,5-6,9H,4,7-8H2,(H,19,24)(H,22,23). The third-order valence-electron chi connectivity index (χ3n) is 3.14. The summed E-state index contributed by atoms with van der Waals surface area (Å²) in [6.45, 7) is -0.0427. The predicted molar refractivity (Wildman–Crippen MR) is 77.8 cm³/mol. The fraction of sp³-hybridized carbons (Fsp3) is 0.267. The first kappa shape index (κ1) is 17.5. The van der Waals surface area contributed by atoms with E-state index in [0.717, 1.165) is 6.20 Å². The zero-order valence-corrected chi connectivity index (χ0v) is 12.4. The SMILES string of the molecule is O=C(O)CCCNC(=O)c1cnn(-c2ccccc2)c1C(F)(F)F. The van der Waals surface area contributed by atoms with Crippen LogP contribution in [0.2, 0.25) is 0 Å². The zero-order valence-electron chi connectivity index (χ0n) is 12.4. The van der Waals surface area contributed by atoms with E-state index >= 15 is 0 Å². The minimum atomic E-state index is -4.78. The Morgan fingerprint density at radius 3 is 2.46 bits per heavy atom. The van der Waals surface area contributed by atoms with Crippen LogP contribution in [0.15, 0.2) is 36.5 Å². The summed E-state index contributed by atoms with van der Waals surface area (Å²) in [6, 6.07) is 7.65. The number of carbonyl (C=O) groups excluding carboxylic acids is 1. The number of halogens is 3. The second kappa shape index (κ2) is 7.16. The molecule has 6 nitrogen and oxygen atoms in total. The summed E-state index contributed by atoms with van der Waals surface area (Å²) in [7, 11) is 0. The van der Waals surface area contributed by atoms with Gasteiger partial charge in [-0.3, -0.25) is 9.59 Å². The second-order valence-corrected chi connectivity index (χ2v) is 4.91. The number of benzene rings is 1. The third kappa shape index (κ3) is 4.12. The van der Waals surface area contributed by atoms with Crippen LogP contribution in [0.5, 0.6) is 0 Å².